The van der Waals surface area contributed by atoms with Crippen LogP contribution in [0.15, 0.2) is 47.5 Å². The van der Waals surface area contributed by atoms with Gasteiger partial charge < -0.3 is 19.1 Å². The lowest BCUT2D eigenvalue weighted by Crippen LogP contribution is -2.36. The second-order valence-corrected chi connectivity index (χ2v) is 9.29. The number of likely N-dealkylation sites (tertiary alicyclic amines) is 1. The van der Waals surface area contributed by atoms with Gasteiger partial charge in [-0.3, -0.25) is 4.79 Å². The van der Waals surface area contributed by atoms with Crippen LogP contribution < -0.4 is 14.2 Å². The first kappa shape index (κ1) is 22.5. The zero-order valence-corrected chi connectivity index (χ0v) is 20.2. The summed E-state index contributed by atoms with van der Waals surface area (Å²) in [5, 5.41) is 0.773. The van der Waals surface area contributed by atoms with E-state index in [0.29, 0.717) is 35.4 Å². The average Bonchev–Trinajstić information content (AvgIpc) is 2.90. The van der Waals surface area contributed by atoms with Crippen LogP contribution in [0.25, 0.3) is 11.4 Å². The van der Waals surface area contributed by atoms with Crippen LogP contribution in [0.1, 0.15) is 30.4 Å². The molecule has 8 heteroatoms. The largest absolute Gasteiger partial charge is 0.497 e. The Morgan fingerprint density at radius 1 is 1.03 bits per heavy atom. The third kappa shape index (κ3) is 4.55. The molecule has 2 aliphatic heterocycles. The number of fused-ring (bicyclic) bond motifs is 2. The highest BCUT2D eigenvalue weighted by Gasteiger charge is 2.27. The number of nitrogens with zero attached hydrogens (tertiary/aromatic N) is 3. The first-order valence-electron chi connectivity index (χ1n) is 11.5. The van der Waals surface area contributed by atoms with Gasteiger partial charge in [0.1, 0.15) is 10.8 Å². The molecule has 176 valence electrons. The van der Waals surface area contributed by atoms with Gasteiger partial charge in [-0.25, -0.2) is 4.98 Å². The van der Waals surface area contributed by atoms with Crippen molar-refractivity contribution in [2.24, 2.45) is 0 Å². The molecular formula is C26H27N3O4S. The van der Waals surface area contributed by atoms with Crippen LogP contribution in [0, 0.1) is 0 Å². The van der Waals surface area contributed by atoms with Gasteiger partial charge >= 0.3 is 0 Å². The monoisotopic (exact) mass is 477 g/mol. The minimum atomic E-state index is 0.154. The highest BCUT2D eigenvalue weighted by Crippen LogP contribution is 2.44. The van der Waals surface area contributed by atoms with Crippen molar-refractivity contribution in [3.8, 4) is 34.5 Å². The summed E-state index contributed by atoms with van der Waals surface area (Å²) < 4.78 is 17.0. The first-order valence-corrected chi connectivity index (χ1v) is 12.4. The lowest BCUT2D eigenvalue weighted by Gasteiger charge is -2.27. The molecule has 0 unspecified atom stereocenters. The first-order chi connectivity index (χ1) is 16.7. The fraction of sp³-hybridized carbons (Fsp3) is 0.346. The lowest BCUT2D eigenvalue weighted by molar-refractivity contribution is -0.129. The molecule has 2 aliphatic rings. The summed E-state index contributed by atoms with van der Waals surface area (Å²) in [7, 11) is 3.27. The molecule has 0 atom stereocenters. The molecule has 2 aromatic carbocycles. The highest BCUT2D eigenvalue weighted by atomic mass is 32.2. The van der Waals surface area contributed by atoms with Crippen LogP contribution >= 0.6 is 11.8 Å². The van der Waals surface area contributed by atoms with Crippen molar-refractivity contribution in [3.05, 3.63) is 53.6 Å². The van der Waals surface area contributed by atoms with Crippen molar-refractivity contribution in [2.45, 2.75) is 30.7 Å². The van der Waals surface area contributed by atoms with Crippen molar-refractivity contribution in [1.82, 2.24) is 14.9 Å². The molecule has 3 aromatic rings. The molecule has 0 aliphatic carbocycles. The van der Waals surface area contributed by atoms with E-state index >= 15 is 0 Å². The molecule has 0 spiro atoms. The summed E-state index contributed by atoms with van der Waals surface area (Å²) in [6, 6.07) is 13.4. The zero-order valence-electron chi connectivity index (χ0n) is 19.4. The molecule has 34 heavy (non-hydrogen) atoms. The summed E-state index contributed by atoms with van der Waals surface area (Å²) in [5.74, 6) is 3.66. The predicted molar refractivity (Wildman–Crippen MR) is 131 cm³/mol. The number of carbonyl (C=O) groups is 1. The molecule has 1 aromatic heterocycles. The Bertz CT molecular complexity index is 1190. The van der Waals surface area contributed by atoms with Gasteiger partial charge in [-0.05, 0) is 49.6 Å². The van der Waals surface area contributed by atoms with Gasteiger partial charge in [0.15, 0.2) is 17.3 Å². The van der Waals surface area contributed by atoms with E-state index in [1.807, 2.05) is 47.4 Å². The number of carbonyl (C=O) groups excluding carboxylic acids is 1. The molecule has 0 radical (unpaired) electrons. The van der Waals surface area contributed by atoms with Crippen molar-refractivity contribution in [3.63, 3.8) is 0 Å². The fourth-order valence-electron chi connectivity index (χ4n) is 4.30. The van der Waals surface area contributed by atoms with Crippen LogP contribution in [0.4, 0.5) is 0 Å². The number of para-hydroxylation sites is 1. The average molecular weight is 478 g/mol. The number of piperidine rings is 1. The Hall–Kier alpha value is -3.26. The van der Waals surface area contributed by atoms with Crippen LogP contribution in [-0.2, 0) is 11.2 Å². The van der Waals surface area contributed by atoms with Gasteiger partial charge in [0, 0.05) is 30.6 Å². The summed E-state index contributed by atoms with van der Waals surface area (Å²) in [4.78, 5) is 24.4. The smallest absolute Gasteiger partial charge is 0.232 e. The van der Waals surface area contributed by atoms with E-state index in [4.69, 9.17) is 24.2 Å². The van der Waals surface area contributed by atoms with E-state index in [2.05, 4.69) is 0 Å². The van der Waals surface area contributed by atoms with E-state index < -0.39 is 0 Å². The van der Waals surface area contributed by atoms with E-state index in [9.17, 15) is 4.79 Å². The van der Waals surface area contributed by atoms with Crippen LogP contribution in [0.5, 0.6) is 23.1 Å². The SMILES string of the molecule is COc1ccc(-c2nc3c(c(SCC(=O)N4CCCCC4)n2)Cc2cccc(OC)c2O3)cc1. The second kappa shape index (κ2) is 9.93. The molecule has 0 N–H and O–H groups in total. The number of rotatable bonds is 6. The highest BCUT2D eigenvalue weighted by molar-refractivity contribution is 7.99. The van der Waals surface area contributed by atoms with Gasteiger partial charge in [-0.15, -0.1) is 0 Å². The Morgan fingerprint density at radius 3 is 2.56 bits per heavy atom. The molecule has 5 rings (SSSR count). The van der Waals surface area contributed by atoms with E-state index in [0.717, 1.165) is 53.4 Å². The fourth-order valence-corrected chi connectivity index (χ4v) is 5.22. The maximum atomic E-state index is 12.8. The molecule has 0 bridgehead atoms. The third-order valence-corrected chi connectivity index (χ3v) is 7.17. The molecule has 1 fully saturated rings. The van der Waals surface area contributed by atoms with E-state index in [-0.39, 0.29) is 5.91 Å². The standard InChI is InChI=1S/C26H27N3O4S/c1-31-19-11-9-17(10-12-19)24-27-25-20(15-18-7-6-8-21(32-2)23(18)33-25)26(28-24)34-16-22(30)29-13-4-3-5-14-29/h6-12H,3-5,13-16H2,1-2H3. The van der Waals surface area contributed by atoms with Crippen molar-refractivity contribution in [1.29, 1.82) is 0 Å². The predicted octanol–water partition coefficient (Wildman–Crippen LogP) is 4.96. The minimum Gasteiger partial charge on any atom is -0.497 e. The summed E-state index contributed by atoms with van der Waals surface area (Å²) in [5.41, 5.74) is 2.76. The molecule has 0 saturated carbocycles. The van der Waals surface area contributed by atoms with Crippen LogP contribution in [0.3, 0.4) is 0 Å². The van der Waals surface area contributed by atoms with Crippen molar-refractivity contribution in [2.75, 3.05) is 33.1 Å². The number of benzene rings is 2. The number of methoxy groups -OCH3 is 2. The molecular weight excluding hydrogens is 450 g/mol. The third-order valence-electron chi connectivity index (χ3n) is 6.17. The Morgan fingerprint density at radius 2 is 1.82 bits per heavy atom. The normalized spacial score (nSPS) is 14.6. The molecule has 1 amide bonds. The number of hydrogen-bond acceptors (Lipinski definition) is 7. The number of aromatic nitrogens is 2. The zero-order chi connectivity index (χ0) is 23.5. The van der Waals surface area contributed by atoms with Crippen molar-refractivity contribution >= 4 is 17.7 Å². The number of ether oxygens (including phenoxy) is 3. The summed E-state index contributed by atoms with van der Waals surface area (Å²) in [6.45, 7) is 1.68. The Labute approximate surface area is 203 Å². The van der Waals surface area contributed by atoms with Gasteiger partial charge in [0.05, 0.1) is 25.5 Å². The Balaban J connectivity index is 1.49. The summed E-state index contributed by atoms with van der Waals surface area (Å²) in [6.07, 6.45) is 3.97. The maximum absolute atomic E-state index is 12.8. The van der Waals surface area contributed by atoms with E-state index in [1.165, 1.54) is 18.2 Å². The Kier molecular flexibility index (Phi) is 6.58. The molecule has 3 heterocycles. The summed E-state index contributed by atoms with van der Waals surface area (Å²) >= 11 is 1.46. The topological polar surface area (TPSA) is 73.8 Å². The number of hydrogen-bond donors (Lipinski definition) is 0. The second-order valence-electron chi connectivity index (χ2n) is 8.32. The van der Waals surface area contributed by atoms with Gasteiger partial charge in [0.25, 0.3) is 0 Å². The quantitative estimate of drug-likeness (QED) is 0.287. The van der Waals surface area contributed by atoms with E-state index in [1.54, 1.807) is 14.2 Å². The van der Waals surface area contributed by atoms with Gasteiger partial charge in [-0.2, -0.15) is 4.98 Å². The van der Waals surface area contributed by atoms with Crippen LogP contribution in [0.2, 0.25) is 0 Å². The minimum absolute atomic E-state index is 0.154. The van der Waals surface area contributed by atoms with Gasteiger partial charge in [-0.1, -0.05) is 23.9 Å². The van der Waals surface area contributed by atoms with Crippen LogP contribution in [-0.4, -0.2) is 53.8 Å². The maximum Gasteiger partial charge on any atom is 0.232 e. The van der Waals surface area contributed by atoms with Gasteiger partial charge in [0.2, 0.25) is 11.8 Å². The number of amides is 1. The molecule has 7 nitrogen and oxygen atoms in total. The molecule has 1 saturated heterocycles. The number of thioether (sulfide) groups is 1. The van der Waals surface area contributed by atoms with Crippen molar-refractivity contribution < 1.29 is 19.0 Å². The lowest BCUT2D eigenvalue weighted by atomic mass is 10.0.